The van der Waals surface area contributed by atoms with Gasteiger partial charge >= 0.3 is 0 Å². The number of aliphatic hydroxyl groups excluding tert-OH is 1. The van der Waals surface area contributed by atoms with E-state index in [1.54, 1.807) is 0 Å². The Morgan fingerprint density at radius 3 is 2.69 bits per heavy atom. The van der Waals surface area contributed by atoms with E-state index in [0.29, 0.717) is 4.32 Å². The number of thiocarbonyl (C=S) groups is 1. The van der Waals surface area contributed by atoms with Crippen LogP contribution >= 0.6 is 24.0 Å². The Morgan fingerprint density at radius 2 is 2.08 bits per heavy atom. The third kappa shape index (κ3) is 4.26. The van der Waals surface area contributed by atoms with E-state index in [1.165, 1.54) is 17.3 Å². The van der Waals surface area contributed by atoms with E-state index < -0.39 is 0 Å². The Morgan fingerprint density at radius 1 is 1.38 bits per heavy atom. The van der Waals surface area contributed by atoms with Gasteiger partial charge in [0.25, 0.3) is 0 Å². The van der Waals surface area contributed by atoms with Crippen molar-refractivity contribution in [2.75, 3.05) is 6.73 Å². The minimum atomic E-state index is -0.0966. The fourth-order valence-electron chi connectivity index (χ4n) is 0.839. The molecule has 0 aliphatic carbocycles. The van der Waals surface area contributed by atoms with Gasteiger partial charge in [-0.05, 0) is 5.56 Å². The van der Waals surface area contributed by atoms with Gasteiger partial charge in [-0.2, -0.15) is 0 Å². The van der Waals surface area contributed by atoms with E-state index in [2.05, 4.69) is 17.4 Å². The van der Waals surface area contributed by atoms with Gasteiger partial charge in [-0.3, -0.25) is 0 Å². The van der Waals surface area contributed by atoms with Crippen molar-refractivity contribution in [3.63, 3.8) is 0 Å². The molecule has 0 aromatic heterocycles. The second-order valence-electron chi connectivity index (χ2n) is 2.40. The fourth-order valence-corrected chi connectivity index (χ4v) is 1.74. The molecule has 0 radical (unpaired) electrons. The van der Waals surface area contributed by atoms with Crippen LogP contribution in [0.3, 0.4) is 0 Å². The van der Waals surface area contributed by atoms with Crippen molar-refractivity contribution in [3.8, 4) is 0 Å². The van der Waals surface area contributed by atoms with Gasteiger partial charge in [0.15, 0.2) is 0 Å². The highest BCUT2D eigenvalue weighted by Crippen LogP contribution is 2.11. The second-order valence-corrected chi connectivity index (χ2v) is 4.05. The van der Waals surface area contributed by atoms with Crippen LogP contribution in [0.5, 0.6) is 0 Å². The minimum Gasteiger partial charge on any atom is -0.377 e. The van der Waals surface area contributed by atoms with Crippen LogP contribution in [0.2, 0.25) is 0 Å². The maximum atomic E-state index is 8.52. The van der Waals surface area contributed by atoms with Gasteiger partial charge in [0, 0.05) is 5.75 Å². The van der Waals surface area contributed by atoms with Crippen LogP contribution in [0.4, 0.5) is 0 Å². The molecule has 70 valence electrons. The molecular weight excluding hydrogens is 202 g/mol. The molecule has 2 N–H and O–H groups in total. The van der Waals surface area contributed by atoms with Crippen molar-refractivity contribution in [2.45, 2.75) is 5.75 Å². The first-order valence-corrected chi connectivity index (χ1v) is 5.27. The van der Waals surface area contributed by atoms with Gasteiger partial charge in [-0.15, -0.1) is 0 Å². The highest BCUT2D eigenvalue weighted by Gasteiger charge is 1.96. The highest BCUT2D eigenvalue weighted by molar-refractivity contribution is 8.22. The van der Waals surface area contributed by atoms with Gasteiger partial charge in [0.05, 0.1) is 0 Å². The van der Waals surface area contributed by atoms with E-state index in [1.807, 2.05) is 18.2 Å². The monoisotopic (exact) mass is 213 g/mol. The van der Waals surface area contributed by atoms with Gasteiger partial charge in [-0.1, -0.05) is 54.3 Å². The summed E-state index contributed by atoms with van der Waals surface area (Å²) < 4.78 is 0.631. The Labute approximate surface area is 87.4 Å². The zero-order valence-corrected chi connectivity index (χ0v) is 8.70. The molecule has 0 saturated carbocycles. The van der Waals surface area contributed by atoms with E-state index in [9.17, 15) is 0 Å². The summed E-state index contributed by atoms with van der Waals surface area (Å²) in [7, 11) is 0. The van der Waals surface area contributed by atoms with Crippen molar-refractivity contribution >= 4 is 28.3 Å². The number of rotatable bonds is 3. The molecule has 0 aliphatic rings. The molecule has 0 unspecified atom stereocenters. The lowest BCUT2D eigenvalue weighted by Gasteiger charge is -2.03. The standard InChI is InChI=1S/C9H11NOS2/c11-7-10-9(12)13-6-8-4-2-1-3-5-8/h1-5,11H,6-7H2,(H,10,12). The molecule has 1 aromatic carbocycles. The average Bonchev–Trinajstić information content (AvgIpc) is 2.17. The molecular formula is C9H11NOS2. The summed E-state index contributed by atoms with van der Waals surface area (Å²) in [5.41, 5.74) is 1.23. The number of nitrogens with one attached hydrogen (secondary N) is 1. The van der Waals surface area contributed by atoms with E-state index in [-0.39, 0.29) is 6.73 Å². The minimum absolute atomic E-state index is 0.0966. The second kappa shape index (κ2) is 5.96. The topological polar surface area (TPSA) is 32.3 Å². The quantitative estimate of drug-likeness (QED) is 0.592. The summed E-state index contributed by atoms with van der Waals surface area (Å²) in [5.74, 6) is 0.840. The number of hydrogen-bond donors (Lipinski definition) is 2. The molecule has 2 nitrogen and oxygen atoms in total. The molecule has 0 bridgehead atoms. The molecule has 0 aliphatic heterocycles. The summed E-state index contributed by atoms with van der Waals surface area (Å²) in [5, 5.41) is 11.2. The van der Waals surface area contributed by atoms with Crippen molar-refractivity contribution < 1.29 is 5.11 Å². The fraction of sp³-hybridized carbons (Fsp3) is 0.222. The zero-order chi connectivity index (χ0) is 9.52. The lowest BCUT2D eigenvalue weighted by Crippen LogP contribution is -2.18. The summed E-state index contributed by atoms with van der Waals surface area (Å²) in [6.07, 6.45) is 0. The third-order valence-corrected chi connectivity index (χ3v) is 2.82. The van der Waals surface area contributed by atoms with Gasteiger partial charge in [0.2, 0.25) is 0 Å². The molecule has 1 aromatic rings. The molecule has 1 rings (SSSR count). The first-order valence-electron chi connectivity index (χ1n) is 3.88. The molecule has 0 amide bonds. The number of hydrogen-bond acceptors (Lipinski definition) is 3. The molecule has 0 heterocycles. The average molecular weight is 213 g/mol. The van der Waals surface area contributed by atoms with Crippen LogP contribution in [-0.2, 0) is 5.75 Å². The van der Waals surface area contributed by atoms with Gasteiger partial charge in [-0.25, -0.2) is 0 Å². The van der Waals surface area contributed by atoms with Crippen LogP contribution in [-0.4, -0.2) is 16.2 Å². The number of aliphatic hydroxyl groups is 1. The maximum Gasteiger partial charge on any atom is 0.135 e. The van der Waals surface area contributed by atoms with Gasteiger partial charge < -0.3 is 10.4 Å². The van der Waals surface area contributed by atoms with Crippen molar-refractivity contribution in [2.24, 2.45) is 0 Å². The normalized spacial score (nSPS) is 9.62. The van der Waals surface area contributed by atoms with Crippen molar-refractivity contribution in [1.82, 2.24) is 5.32 Å². The SMILES string of the molecule is OCNC(=S)SCc1ccccc1. The first kappa shape index (κ1) is 10.5. The summed E-state index contributed by atoms with van der Waals surface area (Å²) in [6.45, 7) is -0.0966. The molecule has 0 spiro atoms. The molecule has 13 heavy (non-hydrogen) atoms. The van der Waals surface area contributed by atoms with Gasteiger partial charge in [0.1, 0.15) is 11.1 Å². The Hall–Kier alpha value is -0.580. The lowest BCUT2D eigenvalue weighted by molar-refractivity contribution is 0.288. The van der Waals surface area contributed by atoms with Crippen LogP contribution in [0.15, 0.2) is 30.3 Å². The summed E-state index contributed by atoms with van der Waals surface area (Å²) >= 11 is 6.46. The maximum absolute atomic E-state index is 8.52. The van der Waals surface area contributed by atoms with Crippen LogP contribution in [0, 0.1) is 0 Å². The van der Waals surface area contributed by atoms with E-state index >= 15 is 0 Å². The zero-order valence-electron chi connectivity index (χ0n) is 7.06. The smallest absolute Gasteiger partial charge is 0.135 e. The molecule has 0 atom stereocenters. The van der Waals surface area contributed by atoms with Crippen LogP contribution < -0.4 is 5.32 Å². The third-order valence-electron chi connectivity index (χ3n) is 1.44. The first-order chi connectivity index (χ1) is 6.33. The van der Waals surface area contributed by atoms with Crippen molar-refractivity contribution in [1.29, 1.82) is 0 Å². The predicted molar refractivity (Wildman–Crippen MR) is 60.6 cm³/mol. The Bertz CT molecular complexity index is 264. The molecule has 0 fully saturated rings. The highest BCUT2D eigenvalue weighted by atomic mass is 32.2. The van der Waals surface area contributed by atoms with Crippen LogP contribution in [0.25, 0.3) is 0 Å². The Kier molecular flexibility index (Phi) is 4.82. The predicted octanol–water partition coefficient (Wildman–Crippen LogP) is 1.74. The van der Waals surface area contributed by atoms with Crippen molar-refractivity contribution in [3.05, 3.63) is 35.9 Å². The van der Waals surface area contributed by atoms with E-state index in [0.717, 1.165) is 5.75 Å². The Balaban J connectivity index is 2.31. The van der Waals surface area contributed by atoms with E-state index in [4.69, 9.17) is 17.3 Å². The largest absolute Gasteiger partial charge is 0.377 e. The lowest BCUT2D eigenvalue weighted by atomic mass is 10.2. The summed E-state index contributed by atoms with van der Waals surface area (Å²) in [6, 6.07) is 10.1. The summed E-state index contributed by atoms with van der Waals surface area (Å²) in [4.78, 5) is 0. The number of thioether (sulfide) groups is 1. The molecule has 0 saturated heterocycles. The van der Waals surface area contributed by atoms with Crippen LogP contribution in [0.1, 0.15) is 5.56 Å². The molecule has 4 heteroatoms. The number of benzene rings is 1.